The zero-order valence-corrected chi connectivity index (χ0v) is 10.4. The second kappa shape index (κ2) is 4.77. The van der Waals surface area contributed by atoms with E-state index in [0.29, 0.717) is 5.92 Å². The van der Waals surface area contributed by atoms with Gasteiger partial charge in [-0.3, -0.25) is 0 Å². The van der Waals surface area contributed by atoms with Gasteiger partial charge in [-0.05, 0) is 24.8 Å². The summed E-state index contributed by atoms with van der Waals surface area (Å²) in [5.41, 5.74) is 5.74. The molecule has 2 N–H and O–H groups in total. The lowest BCUT2D eigenvalue weighted by molar-refractivity contribution is 0.378. The third-order valence-corrected chi connectivity index (χ3v) is 4.42. The third-order valence-electron chi connectivity index (χ3n) is 4.42. The second-order valence-corrected chi connectivity index (χ2v) is 5.63. The Kier molecular flexibility index (Phi) is 3.14. The van der Waals surface area contributed by atoms with Gasteiger partial charge in [0.15, 0.2) is 0 Å². The van der Waals surface area contributed by atoms with Crippen LogP contribution in [0.15, 0.2) is 0 Å². The molecule has 2 heterocycles. The molecule has 2 aliphatic rings. The van der Waals surface area contributed by atoms with Gasteiger partial charge >= 0.3 is 0 Å². The minimum atomic E-state index is 0.617. The molecule has 4 nitrogen and oxygen atoms in total. The molecular formula is C13H22N4. The zero-order valence-electron chi connectivity index (χ0n) is 10.4. The average Bonchev–Trinajstić information content (AvgIpc) is 2.99. The molecule has 94 valence electrons. The SMILES string of the molecule is NCC1CCn2c(nnc2CC2CCCC2)C1. The molecule has 0 spiro atoms. The number of rotatable bonds is 3. The Morgan fingerprint density at radius 3 is 2.71 bits per heavy atom. The van der Waals surface area contributed by atoms with Gasteiger partial charge in [0.25, 0.3) is 0 Å². The van der Waals surface area contributed by atoms with Crippen molar-refractivity contribution in [2.24, 2.45) is 17.6 Å². The van der Waals surface area contributed by atoms with Gasteiger partial charge in [0, 0.05) is 19.4 Å². The maximum Gasteiger partial charge on any atom is 0.133 e. The molecule has 4 heteroatoms. The first-order valence-corrected chi connectivity index (χ1v) is 6.98. The van der Waals surface area contributed by atoms with Gasteiger partial charge in [0.1, 0.15) is 11.6 Å². The number of aromatic nitrogens is 3. The molecule has 1 aliphatic heterocycles. The van der Waals surface area contributed by atoms with Crippen molar-refractivity contribution in [3.8, 4) is 0 Å². The Morgan fingerprint density at radius 1 is 1.12 bits per heavy atom. The standard InChI is InChI=1S/C13H22N4/c14-9-11-5-6-17-12(15-16-13(17)8-11)7-10-3-1-2-4-10/h10-11H,1-9,14H2. The Balaban J connectivity index is 1.72. The molecule has 1 unspecified atom stereocenters. The largest absolute Gasteiger partial charge is 0.330 e. The van der Waals surface area contributed by atoms with Crippen LogP contribution in [-0.2, 0) is 19.4 Å². The van der Waals surface area contributed by atoms with Crippen LogP contribution in [0.5, 0.6) is 0 Å². The predicted molar refractivity (Wildman–Crippen MR) is 66.5 cm³/mol. The van der Waals surface area contributed by atoms with E-state index in [4.69, 9.17) is 5.73 Å². The van der Waals surface area contributed by atoms with Crippen LogP contribution in [0.4, 0.5) is 0 Å². The van der Waals surface area contributed by atoms with Crippen molar-refractivity contribution in [3.63, 3.8) is 0 Å². The van der Waals surface area contributed by atoms with Crippen molar-refractivity contribution in [3.05, 3.63) is 11.6 Å². The molecule has 1 atom stereocenters. The van der Waals surface area contributed by atoms with Crippen LogP contribution in [0.3, 0.4) is 0 Å². The summed E-state index contributed by atoms with van der Waals surface area (Å²) in [5, 5.41) is 8.76. The van der Waals surface area contributed by atoms with Gasteiger partial charge in [0.05, 0.1) is 0 Å². The van der Waals surface area contributed by atoms with Crippen LogP contribution >= 0.6 is 0 Å². The predicted octanol–water partition coefficient (Wildman–Crippen LogP) is 1.53. The highest BCUT2D eigenvalue weighted by atomic mass is 15.3. The van der Waals surface area contributed by atoms with Crippen LogP contribution in [0, 0.1) is 11.8 Å². The van der Waals surface area contributed by atoms with Crippen LogP contribution < -0.4 is 5.73 Å². The fourth-order valence-corrected chi connectivity index (χ4v) is 3.28. The maximum absolute atomic E-state index is 5.74. The number of hydrogen-bond acceptors (Lipinski definition) is 3. The van der Waals surface area contributed by atoms with Gasteiger partial charge < -0.3 is 10.3 Å². The summed E-state index contributed by atoms with van der Waals surface area (Å²) in [6, 6.07) is 0. The van der Waals surface area contributed by atoms with E-state index >= 15 is 0 Å². The fourth-order valence-electron chi connectivity index (χ4n) is 3.28. The Bertz CT molecular complexity index is 379. The van der Waals surface area contributed by atoms with Crippen LogP contribution in [-0.4, -0.2) is 21.3 Å². The molecule has 1 saturated carbocycles. The molecular weight excluding hydrogens is 212 g/mol. The molecule has 1 aromatic rings. The first-order valence-electron chi connectivity index (χ1n) is 6.98. The summed E-state index contributed by atoms with van der Waals surface area (Å²) < 4.78 is 2.35. The minimum Gasteiger partial charge on any atom is -0.330 e. The van der Waals surface area contributed by atoms with Crippen molar-refractivity contribution < 1.29 is 0 Å². The Morgan fingerprint density at radius 2 is 1.94 bits per heavy atom. The molecule has 0 radical (unpaired) electrons. The Labute approximate surface area is 103 Å². The van der Waals surface area contributed by atoms with E-state index in [2.05, 4.69) is 14.8 Å². The second-order valence-electron chi connectivity index (χ2n) is 5.63. The molecule has 0 aromatic carbocycles. The van der Waals surface area contributed by atoms with Crippen LogP contribution in [0.2, 0.25) is 0 Å². The van der Waals surface area contributed by atoms with E-state index in [9.17, 15) is 0 Å². The first kappa shape index (κ1) is 11.2. The normalized spacial score (nSPS) is 25.1. The van der Waals surface area contributed by atoms with Gasteiger partial charge in [0.2, 0.25) is 0 Å². The van der Waals surface area contributed by atoms with E-state index in [1.807, 2.05) is 0 Å². The average molecular weight is 234 g/mol. The summed E-state index contributed by atoms with van der Waals surface area (Å²) in [6.07, 6.45) is 8.93. The van der Waals surface area contributed by atoms with Crippen molar-refractivity contribution in [1.82, 2.24) is 14.8 Å². The lowest BCUT2D eigenvalue weighted by atomic mass is 9.97. The molecule has 1 fully saturated rings. The van der Waals surface area contributed by atoms with Gasteiger partial charge in [-0.15, -0.1) is 10.2 Å². The van der Waals surface area contributed by atoms with Crippen LogP contribution in [0.25, 0.3) is 0 Å². The molecule has 17 heavy (non-hydrogen) atoms. The molecule has 1 aliphatic carbocycles. The summed E-state index contributed by atoms with van der Waals surface area (Å²) >= 11 is 0. The zero-order chi connectivity index (χ0) is 11.7. The number of nitrogens with zero attached hydrogens (tertiary/aromatic N) is 3. The summed E-state index contributed by atoms with van der Waals surface area (Å²) in [6.45, 7) is 1.86. The van der Waals surface area contributed by atoms with E-state index in [1.165, 1.54) is 43.8 Å². The fraction of sp³-hybridized carbons (Fsp3) is 0.846. The molecule has 0 amide bonds. The number of nitrogens with two attached hydrogens (primary N) is 1. The van der Waals surface area contributed by atoms with Gasteiger partial charge in [-0.2, -0.15) is 0 Å². The third kappa shape index (κ3) is 2.23. The lowest BCUT2D eigenvalue weighted by Gasteiger charge is -2.22. The summed E-state index contributed by atoms with van der Waals surface area (Å²) in [7, 11) is 0. The van der Waals surface area contributed by atoms with Crippen molar-refractivity contribution in [2.45, 2.75) is 51.5 Å². The van der Waals surface area contributed by atoms with E-state index in [1.54, 1.807) is 0 Å². The highest BCUT2D eigenvalue weighted by molar-refractivity contribution is 5.02. The molecule has 1 aromatic heterocycles. The molecule has 0 saturated heterocycles. The monoisotopic (exact) mass is 234 g/mol. The van der Waals surface area contributed by atoms with E-state index in [0.717, 1.165) is 31.8 Å². The highest BCUT2D eigenvalue weighted by Gasteiger charge is 2.24. The smallest absolute Gasteiger partial charge is 0.133 e. The topological polar surface area (TPSA) is 56.7 Å². The summed E-state index contributed by atoms with van der Waals surface area (Å²) in [5.74, 6) is 3.86. The van der Waals surface area contributed by atoms with Gasteiger partial charge in [-0.1, -0.05) is 25.7 Å². The first-order chi connectivity index (χ1) is 8.36. The highest BCUT2D eigenvalue weighted by Crippen LogP contribution is 2.28. The summed E-state index contributed by atoms with van der Waals surface area (Å²) in [4.78, 5) is 0. The van der Waals surface area contributed by atoms with Gasteiger partial charge in [-0.25, -0.2) is 0 Å². The van der Waals surface area contributed by atoms with Crippen molar-refractivity contribution in [2.75, 3.05) is 6.54 Å². The van der Waals surface area contributed by atoms with E-state index in [-0.39, 0.29) is 0 Å². The number of fused-ring (bicyclic) bond motifs is 1. The molecule has 3 rings (SSSR count). The minimum absolute atomic E-state index is 0.617. The Hall–Kier alpha value is -0.900. The van der Waals surface area contributed by atoms with Crippen molar-refractivity contribution >= 4 is 0 Å². The maximum atomic E-state index is 5.74. The quantitative estimate of drug-likeness (QED) is 0.863. The lowest BCUT2D eigenvalue weighted by Crippen LogP contribution is -2.26. The number of hydrogen-bond donors (Lipinski definition) is 1. The van der Waals surface area contributed by atoms with E-state index < -0.39 is 0 Å². The van der Waals surface area contributed by atoms with Crippen LogP contribution in [0.1, 0.15) is 43.8 Å². The van der Waals surface area contributed by atoms with Crippen molar-refractivity contribution in [1.29, 1.82) is 0 Å². The molecule has 0 bridgehead atoms.